The van der Waals surface area contributed by atoms with E-state index < -0.39 is 18.1 Å². The van der Waals surface area contributed by atoms with Crippen molar-refractivity contribution in [1.82, 2.24) is 10.2 Å². The number of alkyl halides is 1. The first-order valence-electron chi connectivity index (χ1n) is 12.2. The summed E-state index contributed by atoms with van der Waals surface area (Å²) in [4.78, 5) is 19.3. The summed E-state index contributed by atoms with van der Waals surface area (Å²) in [6.07, 6.45) is 2.77. The second-order valence-electron chi connectivity index (χ2n) is 9.17. The van der Waals surface area contributed by atoms with E-state index in [-0.39, 0.29) is 5.71 Å². The van der Waals surface area contributed by atoms with E-state index in [1.165, 1.54) is 0 Å². The van der Waals surface area contributed by atoms with Crippen molar-refractivity contribution >= 4 is 33.8 Å². The number of hydrogen-bond acceptors (Lipinski definition) is 6. The Labute approximate surface area is 218 Å². The Morgan fingerprint density at radius 3 is 2.81 bits per heavy atom. The minimum absolute atomic E-state index is 0.233. The first kappa shape index (κ1) is 27.8. The molecule has 0 spiro atoms. The van der Waals surface area contributed by atoms with Crippen LogP contribution in [0.4, 0.5) is 10.1 Å². The Hall–Kier alpha value is -3.80. The van der Waals surface area contributed by atoms with Crippen molar-refractivity contribution in [1.29, 1.82) is 5.26 Å². The monoisotopic (exact) mass is 503 g/mol. The molecule has 7 nitrogen and oxygen atoms in total. The molecule has 8 heteroatoms. The predicted molar refractivity (Wildman–Crippen MR) is 148 cm³/mol. The molecular formula is C29H34FN5O2. The zero-order valence-corrected chi connectivity index (χ0v) is 21.7. The average molecular weight is 504 g/mol. The fraction of sp³-hybridized carbons (Fsp3) is 0.345. The normalized spacial score (nSPS) is 18.8. The smallest absolute Gasteiger partial charge is 0.265 e. The van der Waals surface area contributed by atoms with Crippen molar-refractivity contribution in [2.75, 3.05) is 39.1 Å². The van der Waals surface area contributed by atoms with Crippen molar-refractivity contribution in [3.05, 3.63) is 72.3 Å². The third-order valence-electron chi connectivity index (χ3n) is 6.29. The summed E-state index contributed by atoms with van der Waals surface area (Å²) in [7, 11) is 3.50. The lowest BCUT2D eigenvalue weighted by Gasteiger charge is -2.32. The van der Waals surface area contributed by atoms with E-state index in [2.05, 4.69) is 34.9 Å². The number of methoxy groups -OCH3 is 1. The summed E-state index contributed by atoms with van der Waals surface area (Å²) in [6.45, 7) is 10.9. The van der Waals surface area contributed by atoms with Gasteiger partial charge in [0.25, 0.3) is 5.91 Å². The molecule has 194 valence electrons. The molecule has 1 amide bonds. The van der Waals surface area contributed by atoms with Crippen LogP contribution in [0.1, 0.15) is 24.5 Å². The van der Waals surface area contributed by atoms with Crippen molar-refractivity contribution < 1.29 is 13.9 Å². The Kier molecular flexibility index (Phi) is 9.72. The molecule has 2 aromatic carbocycles. The molecule has 2 N–H and O–H groups in total. The number of nitrogens with zero attached hydrogens (tertiary/aromatic N) is 3. The molecular weight excluding hydrogens is 469 g/mol. The van der Waals surface area contributed by atoms with Gasteiger partial charge in [0.05, 0.1) is 24.4 Å². The highest BCUT2D eigenvalue weighted by atomic mass is 19.1. The molecule has 1 heterocycles. The van der Waals surface area contributed by atoms with Gasteiger partial charge in [0.1, 0.15) is 11.9 Å². The van der Waals surface area contributed by atoms with Gasteiger partial charge >= 0.3 is 0 Å². The van der Waals surface area contributed by atoms with E-state index in [0.717, 1.165) is 34.1 Å². The number of piperidine rings is 1. The molecule has 1 aliphatic heterocycles. The van der Waals surface area contributed by atoms with Gasteiger partial charge in [0, 0.05) is 54.5 Å². The number of nitriles is 1. The van der Waals surface area contributed by atoms with Crippen LogP contribution in [0.25, 0.3) is 16.5 Å². The molecule has 0 radical (unpaired) electrons. The van der Waals surface area contributed by atoms with Gasteiger partial charge in [0.2, 0.25) is 0 Å². The van der Waals surface area contributed by atoms with Crippen LogP contribution in [-0.2, 0) is 16.1 Å². The number of carbonyl (C=O) groups excluding carboxylic acids is 1. The van der Waals surface area contributed by atoms with Crippen LogP contribution in [0.15, 0.2) is 66.2 Å². The maximum absolute atomic E-state index is 14.4. The predicted octanol–water partition coefficient (Wildman–Crippen LogP) is 4.62. The molecule has 3 rings (SSSR count). The summed E-state index contributed by atoms with van der Waals surface area (Å²) in [5.41, 5.74) is 3.75. The van der Waals surface area contributed by atoms with Crippen molar-refractivity contribution in [2.45, 2.75) is 32.2 Å². The summed E-state index contributed by atoms with van der Waals surface area (Å²) >= 11 is 0. The van der Waals surface area contributed by atoms with Gasteiger partial charge in [-0.25, -0.2) is 9.38 Å². The van der Waals surface area contributed by atoms with Gasteiger partial charge in [-0.1, -0.05) is 43.5 Å². The van der Waals surface area contributed by atoms with Crippen molar-refractivity contribution in [3.8, 4) is 6.07 Å². The number of aliphatic imine (C=N–C) groups is 1. The zero-order chi connectivity index (χ0) is 26.9. The molecule has 0 bridgehead atoms. The molecule has 2 aromatic rings. The number of amides is 1. The van der Waals surface area contributed by atoms with Gasteiger partial charge in [-0.2, -0.15) is 5.26 Å². The molecule has 2 atom stereocenters. The van der Waals surface area contributed by atoms with Crippen LogP contribution in [0.2, 0.25) is 0 Å². The third-order valence-corrected chi connectivity index (χ3v) is 6.29. The van der Waals surface area contributed by atoms with Crippen LogP contribution >= 0.6 is 0 Å². The maximum atomic E-state index is 14.4. The van der Waals surface area contributed by atoms with Crippen LogP contribution in [0.3, 0.4) is 0 Å². The number of halogens is 1. The summed E-state index contributed by atoms with van der Waals surface area (Å²) in [5.74, 6) is -0.396. The Balaban J connectivity index is 1.94. The lowest BCUT2D eigenvalue weighted by molar-refractivity contribution is -0.116. The van der Waals surface area contributed by atoms with Crippen LogP contribution in [0, 0.1) is 11.3 Å². The highest BCUT2D eigenvalue weighted by Gasteiger charge is 2.29. The number of anilines is 1. The molecule has 0 saturated carbocycles. The number of nitrogens with one attached hydrogen (secondary N) is 2. The van der Waals surface area contributed by atoms with E-state index in [0.29, 0.717) is 37.4 Å². The van der Waals surface area contributed by atoms with Crippen molar-refractivity contribution in [2.24, 2.45) is 4.99 Å². The number of likely N-dealkylation sites (tertiary alicyclic amines) is 1. The number of ether oxygens (including phenoxy) is 1. The van der Waals surface area contributed by atoms with Gasteiger partial charge in [-0.05, 0) is 37.9 Å². The van der Waals surface area contributed by atoms with Crippen LogP contribution < -0.4 is 10.6 Å². The van der Waals surface area contributed by atoms with Gasteiger partial charge in [0.15, 0.2) is 0 Å². The quantitative estimate of drug-likeness (QED) is 0.280. The maximum Gasteiger partial charge on any atom is 0.265 e. The SMILES string of the molecule is C=C/C=C(\N=C(C)C(=O)N[C@@H]1CCN(C)C[C@@H]1F)c1ccc2ccc(COC)c(NCC(=C)C#N)c2c1. The Bertz CT molecular complexity index is 1280. The first-order valence-corrected chi connectivity index (χ1v) is 12.2. The number of benzene rings is 2. The van der Waals surface area contributed by atoms with E-state index in [4.69, 9.17) is 10.00 Å². The van der Waals surface area contributed by atoms with E-state index in [1.54, 1.807) is 26.2 Å². The Morgan fingerprint density at radius 1 is 1.38 bits per heavy atom. The van der Waals surface area contributed by atoms with Gasteiger partial charge in [-0.15, -0.1) is 0 Å². The van der Waals surface area contributed by atoms with E-state index in [1.807, 2.05) is 42.3 Å². The summed E-state index contributed by atoms with van der Waals surface area (Å²) < 4.78 is 19.8. The standard InChI is InChI=1S/C29H34FN5O2/c1-6-7-26(33-20(3)29(36)34-27-12-13-35(4)17-25(27)30)22-10-8-21-9-11-23(18-37-5)28(24(21)14-22)32-16-19(2)15-31/h6-11,14,25,27,32H,1-2,12-13,16-18H2,3-5H3,(H,34,36)/b26-7-,33-20?/t25-,27+/m0/s1. The fourth-order valence-corrected chi connectivity index (χ4v) is 4.28. The van der Waals surface area contributed by atoms with Crippen LogP contribution in [0.5, 0.6) is 0 Å². The first-order chi connectivity index (χ1) is 17.8. The molecule has 37 heavy (non-hydrogen) atoms. The number of rotatable bonds is 10. The van der Waals surface area contributed by atoms with Crippen LogP contribution in [-0.4, -0.2) is 62.5 Å². The van der Waals surface area contributed by atoms with E-state index >= 15 is 0 Å². The number of fused-ring (bicyclic) bond motifs is 1. The van der Waals surface area contributed by atoms with E-state index in [9.17, 15) is 9.18 Å². The largest absolute Gasteiger partial charge is 0.380 e. The third kappa shape index (κ3) is 7.13. The molecule has 0 aromatic heterocycles. The number of allylic oxidation sites excluding steroid dienone is 2. The topological polar surface area (TPSA) is 89.8 Å². The fourth-order valence-electron chi connectivity index (χ4n) is 4.28. The highest BCUT2D eigenvalue weighted by molar-refractivity contribution is 6.38. The lowest BCUT2D eigenvalue weighted by atomic mass is 10.00. The molecule has 0 aliphatic carbocycles. The summed E-state index contributed by atoms with van der Waals surface area (Å²) in [6, 6.07) is 11.4. The van der Waals surface area contributed by atoms with Gasteiger partial charge < -0.3 is 20.3 Å². The number of hydrogen-bond donors (Lipinski definition) is 2. The highest BCUT2D eigenvalue weighted by Crippen LogP contribution is 2.31. The molecule has 1 saturated heterocycles. The Morgan fingerprint density at radius 2 is 2.14 bits per heavy atom. The second kappa shape index (κ2) is 12.9. The minimum Gasteiger partial charge on any atom is -0.380 e. The molecule has 1 aliphatic rings. The summed E-state index contributed by atoms with van der Waals surface area (Å²) in [5, 5.41) is 17.2. The molecule has 0 unspecified atom stereocenters. The lowest BCUT2D eigenvalue weighted by Crippen LogP contribution is -2.52. The second-order valence-corrected chi connectivity index (χ2v) is 9.17. The van der Waals surface area contributed by atoms with Gasteiger partial charge in [-0.3, -0.25) is 4.79 Å². The number of carbonyl (C=O) groups is 1. The zero-order valence-electron chi connectivity index (χ0n) is 21.7. The molecule has 1 fully saturated rings. The minimum atomic E-state index is -1.12. The van der Waals surface area contributed by atoms with Crippen molar-refractivity contribution in [3.63, 3.8) is 0 Å². The average Bonchev–Trinajstić information content (AvgIpc) is 2.88.